The van der Waals surface area contributed by atoms with Gasteiger partial charge >= 0.3 is 0 Å². The third-order valence-electron chi connectivity index (χ3n) is 5.22. The molecule has 1 aliphatic rings. The number of carbonyl (C=O) groups excluding carboxylic acids is 2. The molecule has 0 unspecified atom stereocenters. The summed E-state index contributed by atoms with van der Waals surface area (Å²) in [7, 11) is 0. The smallest absolute Gasteiger partial charge is 0.235 e. The van der Waals surface area contributed by atoms with Crippen molar-refractivity contribution < 1.29 is 9.59 Å². The molecule has 1 aliphatic heterocycles. The summed E-state index contributed by atoms with van der Waals surface area (Å²) in [5.74, 6) is -0.0445. The molecule has 10 heteroatoms. The van der Waals surface area contributed by atoms with Crippen LogP contribution in [0.5, 0.6) is 0 Å². The van der Waals surface area contributed by atoms with E-state index in [1.807, 2.05) is 30.3 Å². The lowest BCUT2D eigenvalue weighted by molar-refractivity contribution is -0.129. The Labute approximate surface area is 210 Å². The molecule has 0 atom stereocenters. The number of halogens is 1. The molecule has 7 nitrogen and oxygen atoms in total. The zero-order valence-corrected chi connectivity index (χ0v) is 20.6. The van der Waals surface area contributed by atoms with Crippen LogP contribution in [-0.4, -0.2) is 40.2 Å². The number of nitriles is 1. The first-order valence-corrected chi connectivity index (χ1v) is 12.6. The van der Waals surface area contributed by atoms with E-state index in [2.05, 4.69) is 21.4 Å². The Morgan fingerprint density at radius 3 is 2.94 bits per heavy atom. The van der Waals surface area contributed by atoms with Crippen LogP contribution in [0.15, 0.2) is 52.5 Å². The zero-order valence-electron chi connectivity index (χ0n) is 18.2. The second kappa shape index (κ2) is 10.8. The largest absolute Gasteiger partial charge is 0.337 e. The SMILES string of the molecule is CC(=O)N1CCc2c(sc(NC(=O)CSc3ccccc3N=Cc3cccnc3Cl)c2C#N)C1. The number of nitrogens with zero attached hydrogens (tertiary/aromatic N) is 4. The Kier molecular flexibility index (Phi) is 7.63. The number of thiophene rings is 1. The summed E-state index contributed by atoms with van der Waals surface area (Å²) in [5.41, 5.74) is 2.85. The highest BCUT2D eigenvalue weighted by atomic mass is 35.5. The Hall–Kier alpha value is -3.19. The summed E-state index contributed by atoms with van der Waals surface area (Å²) in [6.45, 7) is 2.59. The number of benzene rings is 1. The number of hydrogen-bond acceptors (Lipinski definition) is 7. The summed E-state index contributed by atoms with van der Waals surface area (Å²) >= 11 is 8.82. The highest BCUT2D eigenvalue weighted by Crippen LogP contribution is 2.37. The third kappa shape index (κ3) is 5.47. The van der Waals surface area contributed by atoms with E-state index >= 15 is 0 Å². The van der Waals surface area contributed by atoms with Gasteiger partial charge in [-0.15, -0.1) is 23.1 Å². The molecule has 4 rings (SSSR count). The second-order valence-corrected chi connectivity index (χ2v) is 9.94. The number of pyridine rings is 1. The molecule has 0 radical (unpaired) electrons. The minimum absolute atomic E-state index is 0.00617. The maximum atomic E-state index is 12.7. The van der Waals surface area contributed by atoms with Crippen molar-refractivity contribution >= 4 is 63.4 Å². The molecule has 0 saturated carbocycles. The number of nitrogens with one attached hydrogen (secondary N) is 1. The summed E-state index contributed by atoms with van der Waals surface area (Å²) in [4.78, 5) is 36.5. The van der Waals surface area contributed by atoms with Gasteiger partial charge < -0.3 is 10.2 Å². The monoisotopic (exact) mass is 509 g/mol. The van der Waals surface area contributed by atoms with Gasteiger partial charge in [0.15, 0.2) is 0 Å². The van der Waals surface area contributed by atoms with Crippen LogP contribution in [0.4, 0.5) is 10.7 Å². The predicted molar refractivity (Wildman–Crippen MR) is 136 cm³/mol. The molecule has 1 N–H and O–H groups in total. The molecule has 0 aliphatic carbocycles. The van der Waals surface area contributed by atoms with Crippen molar-refractivity contribution in [2.24, 2.45) is 4.99 Å². The third-order valence-corrected chi connectivity index (χ3v) is 7.73. The molecule has 34 heavy (non-hydrogen) atoms. The van der Waals surface area contributed by atoms with Gasteiger partial charge in [-0.3, -0.25) is 14.6 Å². The standard InChI is InChI=1S/C24H20ClN5O2S2/c1-15(31)30-10-8-17-18(11-26)24(34-21(17)13-30)29-22(32)14-33-20-7-3-2-6-19(20)28-12-16-5-4-9-27-23(16)25/h2-7,9,12H,8,10,13-14H2,1H3,(H,29,32). The number of fused-ring (bicyclic) bond motifs is 1. The van der Waals surface area contributed by atoms with Crippen molar-refractivity contribution in [3.8, 4) is 6.07 Å². The summed E-state index contributed by atoms with van der Waals surface area (Å²) in [6.07, 6.45) is 3.88. The second-order valence-electron chi connectivity index (χ2n) is 7.46. The lowest BCUT2D eigenvalue weighted by Crippen LogP contribution is -2.33. The van der Waals surface area contributed by atoms with Gasteiger partial charge in [0.05, 0.1) is 23.5 Å². The lowest BCUT2D eigenvalue weighted by Gasteiger charge is -2.25. The molecule has 3 heterocycles. The first-order valence-electron chi connectivity index (χ1n) is 10.4. The highest BCUT2D eigenvalue weighted by Gasteiger charge is 2.26. The van der Waals surface area contributed by atoms with Crippen LogP contribution in [0, 0.1) is 11.3 Å². The van der Waals surface area contributed by atoms with E-state index in [9.17, 15) is 14.9 Å². The molecular weight excluding hydrogens is 490 g/mol. The number of hydrogen-bond donors (Lipinski definition) is 1. The molecule has 2 amide bonds. The summed E-state index contributed by atoms with van der Waals surface area (Å²) in [6, 6.07) is 13.4. The average molecular weight is 510 g/mol. The van der Waals surface area contributed by atoms with Crippen molar-refractivity contribution in [2.45, 2.75) is 24.8 Å². The van der Waals surface area contributed by atoms with Gasteiger partial charge in [-0.2, -0.15) is 5.26 Å². The minimum atomic E-state index is -0.211. The molecule has 0 fully saturated rings. The quantitative estimate of drug-likeness (QED) is 0.284. The number of amides is 2. The number of aromatic nitrogens is 1. The van der Waals surface area contributed by atoms with E-state index in [1.54, 1.807) is 23.4 Å². The normalized spacial score (nSPS) is 12.9. The van der Waals surface area contributed by atoms with Gasteiger partial charge in [-0.05, 0) is 36.2 Å². The fourth-order valence-corrected chi connectivity index (χ4v) is 5.70. The zero-order chi connectivity index (χ0) is 24.1. The van der Waals surface area contributed by atoms with E-state index in [-0.39, 0.29) is 17.6 Å². The van der Waals surface area contributed by atoms with E-state index < -0.39 is 0 Å². The maximum absolute atomic E-state index is 12.7. The van der Waals surface area contributed by atoms with Crippen LogP contribution in [0.1, 0.15) is 28.5 Å². The number of thioether (sulfide) groups is 1. The molecule has 172 valence electrons. The molecular formula is C24H20ClN5O2S2. The number of anilines is 1. The van der Waals surface area contributed by atoms with Gasteiger partial charge in [0.25, 0.3) is 0 Å². The van der Waals surface area contributed by atoms with Crippen LogP contribution in [0.2, 0.25) is 5.15 Å². The Morgan fingerprint density at radius 2 is 2.18 bits per heavy atom. The Balaban J connectivity index is 1.43. The van der Waals surface area contributed by atoms with Gasteiger partial charge in [-0.1, -0.05) is 23.7 Å². The lowest BCUT2D eigenvalue weighted by atomic mass is 10.0. The Bertz CT molecular complexity index is 1310. The molecule has 0 bridgehead atoms. The fraction of sp³-hybridized carbons (Fsp3) is 0.208. The van der Waals surface area contributed by atoms with Gasteiger partial charge in [0.2, 0.25) is 11.8 Å². The summed E-state index contributed by atoms with van der Waals surface area (Å²) in [5, 5.41) is 13.5. The van der Waals surface area contributed by atoms with Crippen LogP contribution in [0.3, 0.4) is 0 Å². The van der Waals surface area contributed by atoms with Gasteiger partial charge in [0.1, 0.15) is 16.2 Å². The first-order chi connectivity index (χ1) is 16.5. The van der Waals surface area contributed by atoms with E-state index in [4.69, 9.17) is 11.6 Å². The van der Waals surface area contributed by atoms with Crippen LogP contribution >= 0.6 is 34.7 Å². The molecule has 2 aromatic heterocycles. The van der Waals surface area contributed by atoms with E-state index in [1.165, 1.54) is 30.0 Å². The predicted octanol–water partition coefficient (Wildman–Crippen LogP) is 5.05. The minimum Gasteiger partial charge on any atom is -0.337 e. The molecule has 0 spiro atoms. The van der Waals surface area contributed by atoms with Gasteiger partial charge in [0, 0.05) is 41.2 Å². The highest BCUT2D eigenvalue weighted by molar-refractivity contribution is 8.00. The maximum Gasteiger partial charge on any atom is 0.235 e. The van der Waals surface area contributed by atoms with Crippen molar-refractivity contribution in [1.82, 2.24) is 9.88 Å². The van der Waals surface area contributed by atoms with Crippen molar-refractivity contribution in [3.05, 3.63) is 69.3 Å². The molecule has 3 aromatic rings. The van der Waals surface area contributed by atoms with E-state index in [0.29, 0.717) is 46.5 Å². The molecule has 1 aromatic carbocycles. The van der Waals surface area contributed by atoms with Crippen molar-refractivity contribution in [1.29, 1.82) is 5.26 Å². The number of aliphatic imine (C=N–C) groups is 1. The van der Waals surface area contributed by atoms with Crippen molar-refractivity contribution in [3.63, 3.8) is 0 Å². The fourth-order valence-electron chi connectivity index (χ4n) is 3.50. The van der Waals surface area contributed by atoms with Gasteiger partial charge in [-0.25, -0.2) is 4.98 Å². The topological polar surface area (TPSA) is 98.4 Å². The van der Waals surface area contributed by atoms with Crippen molar-refractivity contribution in [2.75, 3.05) is 17.6 Å². The number of rotatable bonds is 6. The first kappa shape index (κ1) is 24.0. The van der Waals surface area contributed by atoms with Crippen LogP contribution in [0.25, 0.3) is 0 Å². The molecule has 0 saturated heterocycles. The number of para-hydroxylation sites is 1. The average Bonchev–Trinajstić information content (AvgIpc) is 3.18. The van der Waals surface area contributed by atoms with E-state index in [0.717, 1.165) is 15.3 Å². The van der Waals surface area contributed by atoms with Crippen LogP contribution < -0.4 is 5.32 Å². The Morgan fingerprint density at radius 1 is 1.35 bits per heavy atom. The summed E-state index contributed by atoms with van der Waals surface area (Å²) < 4.78 is 0. The number of carbonyl (C=O) groups is 2. The van der Waals surface area contributed by atoms with Crippen LogP contribution in [-0.2, 0) is 22.6 Å².